The minimum Gasteiger partial charge on any atom is -0.396 e. The Hall–Kier alpha value is -1.14. The topological polar surface area (TPSA) is 93.1 Å². The number of hydrogen-bond donors (Lipinski definition) is 2. The first-order chi connectivity index (χ1) is 5.57. The van der Waals surface area contributed by atoms with E-state index in [0.717, 1.165) is 0 Å². The van der Waals surface area contributed by atoms with Gasteiger partial charge in [-0.15, -0.1) is 0 Å². The van der Waals surface area contributed by atoms with Crippen molar-refractivity contribution < 1.29 is 29.3 Å². The summed E-state index contributed by atoms with van der Waals surface area (Å²) in [5.74, 6) is -4.59. The third-order valence-electron chi connectivity index (χ3n) is 1.32. The van der Waals surface area contributed by atoms with Crippen molar-refractivity contribution in [3.8, 4) is 0 Å². The van der Waals surface area contributed by atoms with Crippen LogP contribution in [0.25, 0.3) is 0 Å². The molecule has 1 rings (SSSR count). The van der Waals surface area contributed by atoms with Gasteiger partial charge in [0.1, 0.15) is 0 Å². The molecule has 1 aliphatic rings. The fourth-order valence-corrected chi connectivity index (χ4v) is 0.798. The van der Waals surface area contributed by atoms with Crippen molar-refractivity contribution in [2.24, 2.45) is 0 Å². The zero-order valence-electron chi connectivity index (χ0n) is 6.15. The first kappa shape index (κ1) is 8.95. The molecule has 0 spiro atoms. The smallest absolute Gasteiger partial charge is 0.396 e. The third kappa shape index (κ3) is 1.72. The lowest BCUT2D eigenvalue weighted by molar-refractivity contribution is -0.295. The van der Waals surface area contributed by atoms with E-state index in [4.69, 9.17) is 10.2 Å². The lowest BCUT2D eigenvalue weighted by Crippen LogP contribution is -2.30. The predicted molar refractivity (Wildman–Crippen MR) is 33.5 cm³/mol. The number of carbonyl (C=O) groups excluding carboxylic acids is 2. The molecule has 6 nitrogen and oxygen atoms in total. The second-order valence-corrected chi connectivity index (χ2v) is 2.32. The van der Waals surface area contributed by atoms with Crippen LogP contribution in [0.4, 0.5) is 0 Å². The molecule has 1 aliphatic heterocycles. The van der Waals surface area contributed by atoms with Crippen LogP contribution in [0.2, 0.25) is 0 Å². The summed E-state index contributed by atoms with van der Waals surface area (Å²) in [5.41, 5.74) is 0. The van der Waals surface area contributed by atoms with Gasteiger partial charge in [-0.05, 0) is 6.42 Å². The van der Waals surface area contributed by atoms with Crippen molar-refractivity contribution in [1.29, 1.82) is 0 Å². The quantitative estimate of drug-likeness (QED) is 0.401. The molecule has 0 radical (unpaired) electrons. The van der Waals surface area contributed by atoms with Gasteiger partial charge in [-0.3, -0.25) is 0 Å². The van der Waals surface area contributed by atoms with E-state index in [0.29, 0.717) is 0 Å². The molecule has 6 heteroatoms. The van der Waals surface area contributed by atoms with Gasteiger partial charge in [0, 0.05) is 6.61 Å². The first-order valence-corrected chi connectivity index (χ1v) is 3.37. The minimum absolute atomic E-state index is 0.124. The van der Waals surface area contributed by atoms with E-state index in [1.165, 1.54) is 0 Å². The molecule has 0 amide bonds. The lowest BCUT2D eigenvalue weighted by Gasteiger charge is -2.16. The molecular weight excluding hydrogens is 168 g/mol. The van der Waals surface area contributed by atoms with Gasteiger partial charge in [-0.25, -0.2) is 9.59 Å². The molecular formula is C6H8O6. The van der Waals surface area contributed by atoms with Crippen LogP contribution in [0.5, 0.6) is 0 Å². The summed E-state index contributed by atoms with van der Waals surface area (Å²) < 4.78 is 8.39. The summed E-state index contributed by atoms with van der Waals surface area (Å²) in [4.78, 5) is 20.9. The molecule has 1 fully saturated rings. The Labute approximate surface area is 67.7 Å². The number of aliphatic hydroxyl groups is 2. The molecule has 68 valence electrons. The monoisotopic (exact) mass is 176 g/mol. The van der Waals surface area contributed by atoms with Crippen LogP contribution in [0.3, 0.4) is 0 Å². The van der Waals surface area contributed by atoms with Crippen LogP contribution in [0.15, 0.2) is 0 Å². The van der Waals surface area contributed by atoms with Gasteiger partial charge >= 0.3 is 17.9 Å². The van der Waals surface area contributed by atoms with Gasteiger partial charge in [0.25, 0.3) is 0 Å². The highest BCUT2D eigenvalue weighted by Crippen LogP contribution is 2.22. The Kier molecular flexibility index (Phi) is 2.30. The summed E-state index contributed by atoms with van der Waals surface area (Å²) in [7, 11) is 0. The SMILES string of the molecule is O=C1OC(O)(CCCO)OC1=O. The van der Waals surface area contributed by atoms with E-state index in [1.54, 1.807) is 0 Å². The average Bonchev–Trinajstić information content (AvgIpc) is 2.24. The molecule has 0 aromatic rings. The summed E-state index contributed by atoms with van der Waals surface area (Å²) in [6.45, 7) is -0.183. The number of cyclic esters (lactones) is 2. The van der Waals surface area contributed by atoms with Gasteiger partial charge in [-0.1, -0.05) is 0 Å². The summed E-state index contributed by atoms with van der Waals surface area (Å²) >= 11 is 0. The Morgan fingerprint density at radius 3 is 2.17 bits per heavy atom. The maximum Gasteiger partial charge on any atom is 0.422 e. The van der Waals surface area contributed by atoms with Crippen molar-refractivity contribution >= 4 is 11.9 Å². The Morgan fingerprint density at radius 2 is 1.75 bits per heavy atom. The number of aliphatic hydroxyl groups excluding tert-OH is 1. The second-order valence-electron chi connectivity index (χ2n) is 2.32. The summed E-state index contributed by atoms with van der Waals surface area (Å²) in [6, 6.07) is 0. The molecule has 0 unspecified atom stereocenters. The minimum atomic E-state index is -2.17. The highest BCUT2D eigenvalue weighted by atomic mass is 16.9. The van der Waals surface area contributed by atoms with E-state index >= 15 is 0 Å². The Bertz CT molecular complexity index is 194. The fraction of sp³-hybridized carbons (Fsp3) is 0.667. The van der Waals surface area contributed by atoms with Gasteiger partial charge in [0.2, 0.25) is 0 Å². The molecule has 0 aromatic heterocycles. The molecule has 0 bridgehead atoms. The van der Waals surface area contributed by atoms with Gasteiger partial charge < -0.3 is 19.7 Å². The number of ether oxygens (including phenoxy) is 2. The Balaban J connectivity index is 2.51. The molecule has 1 saturated heterocycles. The van der Waals surface area contributed by atoms with E-state index < -0.39 is 17.9 Å². The second kappa shape index (κ2) is 3.08. The summed E-state index contributed by atoms with van der Waals surface area (Å²) in [6.07, 6.45) is 0.0536. The van der Waals surface area contributed by atoms with E-state index in [9.17, 15) is 9.59 Å². The molecule has 12 heavy (non-hydrogen) atoms. The molecule has 1 heterocycles. The number of carbonyl (C=O) groups is 2. The largest absolute Gasteiger partial charge is 0.422 e. The maximum atomic E-state index is 10.4. The standard InChI is InChI=1S/C6H8O6/c7-3-1-2-6(10)11-4(8)5(9)12-6/h7,10H,1-3H2. The van der Waals surface area contributed by atoms with Crippen molar-refractivity contribution in [3.05, 3.63) is 0 Å². The van der Waals surface area contributed by atoms with Crippen LogP contribution < -0.4 is 0 Å². The summed E-state index contributed by atoms with van der Waals surface area (Å²) in [5, 5.41) is 17.5. The van der Waals surface area contributed by atoms with E-state index in [2.05, 4.69) is 9.47 Å². The molecule has 0 aromatic carbocycles. The highest BCUT2D eigenvalue weighted by molar-refractivity contribution is 6.31. The normalized spacial score (nSPS) is 20.5. The van der Waals surface area contributed by atoms with Gasteiger partial charge in [-0.2, -0.15) is 0 Å². The Morgan fingerprint density at radius 1 is 1.25 bits per heavy atom. The number of rotatable bonds is 3. The maximum absolute atomic E-state index is 10.4. The van der Waals surface area contributed by atoms with Crippen LogP contribution in [-0.4, -0.2) is 34.7 Å². The zero-order chi connectivity index (χ0) is 9.19. The van der Waals surface area contributed by atoms with Crippen LogP contribution >= 0.6 is 0 Å². The predicted octanol–water partition coefficient (Wildman–Crippen LogP) is -1.50. The van der Waals surface area contributed by atoms with Crippen LogP contribution in [-0.2, 0) is 19.1 Å². The van der Waals surface area contributed by atoms with Crippen molar-refractivity contribution in [3.63, 3.8) is 0 Å². The number of hydrogen-bond acceptors (Lipinski definition) is 6. The van der Waals surface area contributed by atoms with Crippen molar-refractivity contribution in [2.75, 3.05) is 6.61 Å². The van der Waals surface area contributed by atoms with Gasteiger partial charge in [0.15, 0.2) is 0 Å². The lowest BCUT2D eigenvalue weighted by atomic mass is 10.3. The third-order valence-corrected chi connectivity index (χ3v) is 1.32. The zero-order valence-corrected chi connectivity index (χ0v) is 6.15. The van der Waals surface area contributed by atoms with E-state index in [-0.39, 0.29) is 19.4 Å². The van der Waals surface area contributed by atoms with Crippen LogP contribution in [0, 0.1) is 0 Å². The molecule has 0 saturated carbocycles. The van der Waals surface area contributed by atoms with E-state index in [1.807, 2.05) is 0 Å². The molecule has 2 N–H and O–H groups in total. The highest BCUT2D eigenvalue weighted by Gasteiger charge is 2.46. The molecule has 0 atom stereocenters. The number of esters is 2. The van der Waals surface area contributed by atoms with Crippen molar-refractivity contribution in [2.45, 2.75) is 18.8 Å². The molecule has 0 aliphatic carbocycles. The van der Waals surface area contributed by atoms with Crippen LogP contribution in [0.1, 0.15) is 12.8 Å². The average molecular weight is 176 g/mol. The van der Waals surface area contributed by atoms with Crippen molar-refractivity contribution in [1.82, 2.24) is 0 Å². The first-order valence-electron chi connectivity index (χ1n) is 3.37. The fourth-order valence-electron chi connectivity index (χ4n) is 0.798. The van der Waals surface area contributed by atoms with Gasteiger partial charge in [0.05, 0.1) is 6.42 Å².